The maximum absolute atomic E-state index is 12.0. The molecule has 1 atom stereocenters. The lowest BCUT2D eigenvalue weighted by atomic mass is 10.1. The van der Waals surface area contributed by atoms with Crippen molar-refractivity contribution in [3.05, 3.63) is 35.4 Å². The van der Waals surface area contributed by atoms with E-state index in [9.17, 15) is 9.59 Å². The first-order valence-corrected chi connectivity index (χ1v) is 5.86. The fraction of sp³-hybridized carbons (Fsp3) is 0.385. The van der Waals surface area contributed by atoms with Crippen LogP contribution in [0.15, 0.2) is 24.3 Å². The normalized spacial score (nSPS) is 15.3. The van der Waals surface area contributed by atoms with Crippen molar-refractivity contribution in [2.75, 3.05) is 6.54 Å². The molecule has 0 bridgehead atoms. The van der Waals surface area contributed by atoms with Crippen LogP contribution in [0.4, 0.5) is 0 Å². The van der Waals surface area contributed by atoms with Gasteiger partial charge in [-0.1, -0.05) is 25.5 Å². The number of hydrogen-bond donors (Lipinski definition) is 1. The van der Waals surface area contributed by atoms with Crippen LogP contribution in [-0.4, -0.2) is 29.3 Å². The Morgan fingerprint density at radius 2 is 1.67 bits per heavy atom. The zero-order valence-electron chi connectivity index (χ0n) is 10.3. The first kappa shape index (κ1) is 14.7. The Morgan fingerprint density at radius 1 is 1.17 bits per heavy atom. The van der Waals surface area contributed by atoms with E-state index in [1.54, 1.807) is 24.3 Å². The van der Waals surface area contributed by atoms with Crippen LogP contribution in [0, 0.1) is 0 Å². The van der Waals surface area contributed by atoms with Gasteiger partial charge < -0.3 is 5.73 Å². The third-order valence-corrected chi connectivity index (χ3v) is 2.95. The second-order valence-electron chi connectivity index (χ2n) is 4.32. The van der Waals surface area contributed by atoms with Crippen molar-refractivity contribution in [2.24, 2.45) is 5.73 Å². The molecular weight excluding hydrogens is 252 g/mol. The molecule has 0 saturated heterocycles. The Hall–Kier alpha value is -1.39. The summed E-state index contributed by atoms with van der Waals surface area (Å²) in [6, 6.07) is 6.75. The van der Waals surface area contributed by atoms with Crippen LogP contribution in [0.1, 0.15) is 40.5 Å². The number of hydrogen-bond acceptors (Lipinski definition) is 3. The number of carbonyl (C=O) groups is 2. The first-order valence-electron chi connectivity index (χ1n) is 5.86. The Bertz CT molecular complexity index is 427. The predicted octanol–water partition coefficient (Wildman–Crippen LogP) is 1.83. The van der Waals surface area contributed by atoms with Crippen molar-refractivity contribution < 1.29 is 9.59 Å². The van der Waals surface area contributed by atoms with Crippen LogP contribution < -0.4 is 5.73 Å². The average molecular weight is 269 g/mol. The van der Waals surface area contributed by atoms with Gasteiger partial charge in [0.25, 0.3) is 11.8 Å². The summed E-state index contributed by atoms with van der Waals surface area (Å²) in [4.78, 5) is 25.2. The maximum atomic E-state index is 12.0. The highest BCUT2D eigenvalue weighted by Gasteiger charge is 2.35. The standard InChI is InChI=1S/C13H16N2O2.ClH/c1-2-5-9(14)8-15-12(16)10-6-3-4-7-11(10)13(15)17;/h3-4,6-7,9H,2,5,8,14H2,1H3;1H. The number of rotatable bonds is 4. The molecule has 1 aromatic rings. The minimum Gasteiger partial charge on any atom is -0.326 e. The quantitative estimate of drug-likeness (QED) is 0.848. The number of nitrogens with zero attached hydrogens (tertiary/aromatic N) is 1. The lowest BCUT2D eigenvalue weighted by molar-refractivity contribution is 0.0643. The zero-order valence-corrected chi connectivity index (χ0v) is 11.1. The van der Waals surface area contributed by atoms with Gasteiger partial charge in [0.05, 0.1) is 11.1 Å². The van der Waals surface area contributed by atoms with E-state index >= 15 is 0 Å². The molecule has 1 heterocycles. The molecule has 4 nitrogen and oxygen atoms in total. The molecule has 1 aliphatic heterocycles. The molecule has 0 radical (unpaired) electrons. The topological polar surface area (TPSA) is 63.4 Å². The Balaban J connectivity index is 0.00000162. The first-order chi connectivity index (χ1) is 8.15. The van der Waals surface area contributed by atoms with E-state index in [1.165, 1.54) is 4.90 Å². The van der Waals surface area contributed by atoms with Crippen LogP contribution in [0.3, 0.4) is 0 Å². The predicted molar refractivity (Wildman–Crippen MR) is 71.9 cm³/mol. The summed E-state index contributed by atoms with van der Waals surface area (Å²) in [7, 11) is 0. The van der Waals surface area contributed by atoms with Crippen LogP contribution in [0.25, 0.3) is 0 Å². The van der Waals surface area contributed by atoms with E-state index in [-0.39, 0.29) is 30.3 Å². The second kappa shape index (κ2) is 5.98. The van der Waals surface area contributed by atoms with Gasteiger partial charge in [-0.25, -0.2) is 0 Å². The van der Waals surface area contributed by atoms with Gasteiger partial charge >= 0.3 is 0 Å². The molecule has 1 aromatic carbocycles. The zero-order chi connectivity index (χ0) is 12.4. The molecule has 0 spiro atoms. The molecule has 2 N–H and O–H groups in total. The summed E-state index contributed by atoms with van der Waals surface area (Å²) >= 11 is 0. The molecule has 1 unspecified atom stereocenters. The second-order valence-corrected chi connectivity index (χ2v) is 4.32. The van der Waals surface area contributed by atoms with Crippen LogP contribution in [0.5, 0.6) is 0 Å². The van der Waals surface area contributed by atoms with Gasteiger partial charge in [0.2, 0.25) is 0 Å². The van der Waals surface area contributed by atoms with E-state index in [4.69, 9.17) is 5.73 Å². The van der Waals surface area contributed by atoms with Crippen molar-refractivity contribution >= 4 is 24.2 Å². The fourth-order valence-corrected chi connectivity index (χ4v) is 2.10. The van der Waals surface area contributed by atoms with E-state index in [0.29, 0.717) is 17.7 Å². The van der Waals surface area contributed by atoms with Gasteiger partial charge in [0.15, 0.2) is 0 Å². The van der Waals surface area contributed by atoms with Gasteiger partial charge in [-0.05, 0) is 18.6 Å². The summed E-state index contributed by atoms with van der Waals surface area (Å²) in [5.74, 6) is -0.450. The van der Waals surface area contributed by atoms with Crippen molar-refractivity contribution in [2.45, 2.75) is 25.8 Å². The summed E-state index contributed by atoms with van der Waals surface area (Å²) in [5, 5.41) is 0. The van der Waals surface area contributed by atoms with E-state index in [2.05, 4.69) is 0 Å². The highest BCUT2D eigenvalue weighted by molar-refractivity contribution is 6.21. The smallest absolute Gasteiger partial charge is 0.261 e. The number of nitrogens with two attached hydrogens (primary N) is 1. The van der Waals surface area contributed by atoms with E-state index in [0.717, 1.165) is 12.8 Å². The largest absolute Gasteiger partial charge is 0.326 e. The lowest BCUT2D eigenvalue weighted by Crippen LogP contribution is -2.40. The Labute approximate surface area is 113 Å². The van der Waals surface area contributed by atoms with Gasteiger partial charge in [0, 0.05) is 12.6 Å². The van der Waals surface area contributed by atoms with Crippen molar-refractivity contribution in [1.82, 2.24) is 4.90 Å². The molecule has 0 aromatic heterocycles. The fourth-order valence-electron chi connectivity index (χ4n) is 2.10. The average Bonchev–Trinajstić information content (AvgIpc) is 2.56. The number of amides is 2. The molecule has 2 rings (SSSR count). The maximum Gasteiger partial charge on any atom is 0.261 e. The number of carbonyl (C=O) groups excluding carboxylic acids is 2. The SMILES string of the molecule is CCCC(N)CN1C(=O)c2ccccc2C1=O.Cl. The molecule has 2 amide bonds. The van der Waals surface area contributed by atoms with Gasteiger partial charge in [-0.15, -0.1) is 12.4 Å². The molecule has 98 valence electrons. The van der Waals surface area contributed by atoms with Gasteiger partial charge in [-0.2, -0.15) is 0 Å². The number of halogens is 1. The number of fused-ring (bicyclic) bond motifs is 1. The van der Waals surface area contributed by atoms with Crippen LogP contribution in [-0.2, 0) is 0 Å². The van der Waals surface area contributed by atoms with Crippen LogP contribution >= 0.6 is 12.4 Å². The molecule has 5 heteroatoms. The number of benzene rings is 1. The minimum atomic E-state index is -0.225. The molecule has 0 fully saturated rings. The van der Waals surface area contributed by atoms with Gasteiger partial charge in [0.1, 0.15) is 0 Å². The van der Waals surface area contributed by atoms with Gasteiger partial charge in [-0.3, -0.25) is 14.5 Å². The molecular formula is C13H17ClN2O2. The molecule has 1 aliphatic rings. The summed E-state index contributed by atoms with van der Waals surface area (Å²) < 4.78 is 0. The molecule has 0 saturated carbocycles. The third-order valence-electron chi connectivity index (χ3n) is 2.95. The van der Waals surface area contributed by atoms with Crippen molar-refractivity contribution in [3.8, 4) is 0 Å². The van der Waals surface area contributed by atoms with Crippen molar-refractivity contribution in [1.29, 1.82) is 0 Å². The molecule has 18 heavy (non-hydrogen) atoms. The Morgan fingerprint density at radius 3 is 2.11 bits per heavy atom. The Kier molecular flexibility index (Phi) is 4.87. The summed E-state index contributed by atoms with van der Waals surface area (Å²) in [5.41, 5.74) is 6.85. The van der Waals surface area contributed by atoms with E-state index in [1.807, 2.05) is 6.92 Å². The highest BCUT2D eigenvalue weighted by Crippen LogP contribution is 2.22. The summed E-state index contributed by atoms with van der Waals surface area (Å²) in [6.45, 7) is 2.34. The minimum absolute atomic E-state index is 0. The number of imide groups is 1. The summed E-state index contributed by atoms with van der Waals surface area (Å²) in [6.07, 6.45) is 1.76. The van der Waals surface area contributed by atoms with Crippen LogP contribution in [0.2, 0.25) is 0 Å². The molecule has 0 aliphatic carbocycles. The van der Waals surface area contributed by atoms with Crippen molar-refractivity contribution in [3.63, 3.8) is 0 Å². The monoisotopic (exact) mass is 268 g/mol. The third kappa shape index (κ3) is 2.54. The van der Waals surface area contributed by atoms with E-state index < -0.39 is 0 Å². The lowest BCUT2D eigenvalue weighted by Gasteiger charge is -2.18. The highest BCUT2D eigenvalue weighted by atomic mass is 35.5.